The minimum absolute atomic E-state index is 0.0796. The molecule has 31 heavy (non-hydrogen) atoms. The quantitative estimate of drug-likeness (QED) is 0.635. The standard InChI is InChI=1S/C23H25N5O3/c1-14-7-20-21(27-22(14)29)8-15(9-24-20)11-28-12-18(13-28)31-17-5-6-19(25-10-17)23(30)26-16-3-2-4-16/h5-10,16,18H,2-4,11-13H2,1H3,(H,26,30)(H,27,29). The van der Waals surface area contributed by atoms with E-state index in [1.807, 2.05) is 18.3 Å². The molecule has 3 aromatic heterocycles. The van der Waals surface area contributed by atoms with Gasteiger partial charge in [0.1, 0.15) is 17.5 Å². The fourth-order valence-electron chi connectivity index (χ4n) is 3.88. The molecule has 8 nitrogen and oxygen atoms in total. The summed E-state index contributed by atoms with van der Waals surface area (Å²) < 4.78 is 5.97. The maximum absolute atomic E-state index is 12.1. The molecule has 2 fully saturated rings. The summed E-state index contributed by atoms with van der Waals surface area (Å²) >= 11 is 0. The molecule has 1 saturated carbocycles. The Kier molecular flexibility index (Phi) is 5.15. The van der Waals surface area contributed by atoms with Crippen molar-refractivity contribution < 1.29 is 9.53 Å². The van der Waals surface area contributed by atoms with Gasteiger partial charge in [0.05, 0.1) is 17.2 Å². The second-order valence-electron chi connectivity index (χ2n) is 8.47. The van der Waals surface area contributed by atoms with Gasteiger partial charge < -0.3 is 15.0 Å². The lowest BCUT2D eigenvalue weighted by atomic mass is 9.93. The molecule has 2 aliphatic rings. The van der Waals surface area contributed by atoms with E-state index in [4.69, 9.17) is 4.74 Å². The molecule has 8 heteroatoms. The first-order valence-corrected chi connectivity index (χ1v) is 10.7. The predicted octanol–water partition coefficient (Wildman–Crippen LogP) is 2.17. The van der Waals surface area contributed by atoms with Crippen LogP contribution < -0.4 is 15.6 Å². The summed E-state index contributed by atoms with van der Waals surface area (Å²) in [6.07, 6.45) is 6.85. The number of hydrogen-bond donors (Lipinski definition) is 2. The molecular weight excluding hydrogens is 394 g/mol. The van der Waals surface area contributed by atoms with E-state index in [2.05, 4.69) is 25.2 Å². The Hall–Kier alpha value is -3.26. The number of amides is 1. The normalized spacial score (nSPS) is 17.2. The Balaban J connectivity index is 1.12. The topological polar surface area (TPSA) is 100 Å². The number of ether oxygens (including phenoxy) is 1. The Bertz CT molecular complexity index is 1160. The third kappa shape index (κ3) is 4.29. The summed E-state index contributed by atoms with van der Waals surface area (Å²) in [5.41, 5.74) is 3.61. The number of likely N-dealkylation sites (tertiary alicyclic amines) is 1. The van der Waals surface area contributed by atoms with Crippen LogP contribution in [0.3, 0.4) is 0 Å². The zero-order valence-corrected chi connectivity index (χ0v) is 17.4. The van der Waals surface area contributed by atoms with Gasteiger partial charge in [-0.25, -0.2) is 4.98 Å². The smallest absolute Gasteiger partial charge is 0.270 e. The molecule has 1 aliphatic heterocycles. The molecule has 2 N–H and O–H groups in total. The van der Waals surface area contributed by atoms with Crippen molar-refractivity contribution in [3.63, 3.8) is 0 Å². The minimum atomic E-state index is -0.119. The maximum atomic E-state index is 12.1. The van der Waals surface area contributed by atoms with Gasteiger partial charge in [0.2, 0.25) is 0 Å². The van der Waals surface area contributed by atoms with Crippen LogP contribution in [0.25, 0.3) is 11.0 Å². The van der Waals surface area contributed by atoms with Crippen LogP contribution in [0.15, 0.2) is 41.5 Å². The molecule has 160 valence electrons. The predicted molar refractivity (Wildman–Crippen MR) is 116 cm³/mol. The van der Waals surface area contributed by atoms with E-state index in [0.29, 0.717) is 23.0 Å². The second kappa shape index (κ2) is 8.11. The van der Waals surface area contributed by atoms with Gasteiger partial charge in [0.25, 0.3) is 11.5 Å². The van der Waals surface area contributed by atoms with Crippen molar-refractivity contribution in [1.82, 2.24) is 25.2 Å². The number of hydrogen-bond acceptors (Lipinski definition) is 6. The number of carbonyl (C=O) groups is 1. The highest BCUT2D eigenvalue weighted by atomic mass is 16.5. The largest absolute Gasteiger partial charge is 0.486 e. The van der Waals surface area contributed by atoms with Crippen LogP contribution in [-0.4, -0.2) is 51.0 Å². The van der Waals surface area contributed by atoms with E-state index < -0.39 is 0 Å². The SMILES string of the molecule is Cc1cc2ncc(CN3CC(Oc4ccc(C(=O)NC5CCC5)nc4)C3)cc2[nH]c1=O. The molecule has 3 aromatic rings. The fraction of sp³-hybridized carbons (Fsp3) is 0.391. The number of rotatable bonds is 6. The van der Waals surface area contributed by atoms with Crippen LogP contribution in [0.4, 0.5) is 0 Å². The Labute approximate surface area is 179 Å². The maximum Gasteiger partial charge on any atom is 0.270 e. The van der Waals surface area contributed by atoms with E-state index in [-0.39, 0.29) is 17.6 Å². The molecule has 5 rings (SSSR count). The van der Waals surface area contributed by atoms with Crippen LogP contribution in [0.2, 0.25) is 0 Å². The van der Waals surface area contributed by atoms with E-state index in [0.717, 1.165) is 49.1 Å². The monoisotopic (exact) mass is 419 g/mol. The number of aryl methyl sites for hydroxylation is 1. The second-order valence-corrected chi connectivity index (χ2v) is 8.47. The van der Waals surface area contributed by atoms with Crippen molar-refractivity contribution in [3.05, 3.63) is 63.8 Å². The number of H-pyrrole nitrogens is 1. The Morgan fingerprint density at radius 1 is 1.23 bits per heavy atom. The summed E-state index contributed by atoms with van der Waals surface area (Å²) in [7, 11) is 0. The third-order valence-electron chi connectivity index (χ3n) is 5.98. The molecule has 0 bridgehead atoms. The van der Waals surface area contributed by atoms with Crippen molar-refractivity contribution in [2.45, 2.75) is 44.9 Å². The Morgan fingerprint density at radius 3 is 2.77 bits per heavy atom. The van der Waals surface area contributed by atoms with Gasteiger partial charge in [-0.15, -0.1) is 0 Å². The van der Waals surface area contributed by atoms with Gasteiger partial charge in [-0.2, -0.15) is 0 Å². The minimum Gasteiger partial charge on any atom is -0.486 e. The van der Waals surface area contributed by atoms with E-state index in [1.54, 1.807) is 25.3 Å². The van der Waals surface area contributed by atoms with Crippen molar-refractivity contribution in [1.29, 1.82) is 0 Å². The molecule has 0 radical (unpaired) electrons. The molecule has 1 saturated heterocycles. The van der Waals surface area contributed by atoms with E-state index >= 15 is 0 Å². The fourth-order valence-corrected chi connectivity index (χ4v) is 3.88. The number of nitrogens with zero attached hydrogens (tertiary/aromatic N) is 3. The van der Waals surface area contributed by atoms with Gasteiger partial charge >= 0.3 is 0 Å². The number of nitrogens with one attached hydrogen (secondary N) is 2. The molecule has 0 atom stereocenters. The number of pyridine rings is 3. The van der Waals surface area contributed by atoms with Crippen LogP contribution in [-0.2, 0) is 6.54 Å². The van der Waals surface area contributed by atoms with Crippen molar-refractivity contribution in [2.75, 3.05) is 13.1 Å². The molecule has 1 aliphatic carbocycles. The van der Waals surface area contributed by atoms with Crippen molar-refractivity contribution in [2.24, 2.45) is 0 Å². The first-order valence-electron chi connectivity index (χ1n) is 10.7. The number of aromatic nitrogens is 3. The summed E-state index contributed by atoms with van der Waals surface area (Å²) in [5.74, 6) is 0.553. The Morgan fingerprint density at radius 2 is 2.06 bits per heavy atom. The average Bonchev–Trinajstić information content (AvgIpc) is 2.70. The number of carbonyl (C=O) groups excluding carboxylic acids is 1. The van der Waals surface area contributed by atoms with Gasteiger partial charge in [-0.05, 0) is 56.0 Å². The number of fused-ring (bicyclic) bond motifs is 1. The molecule has 4 heterocycles. The summed E-state index contributed by atoms with van der Waals surface area (Å²) in [4.78, 5) is 37.8. The molecular formula is C23H25N5O3. The molecule has 0 unspecified atom stereocenters. The molecule has 0 aromatic carbocycles. The van der Waals surface area contributed by atoms with Crippen LogP contribution >= 0.6 is 0 Å². The first-order chi connectivity index (χ1) is 15.0. The zero-order chi connectivity index (χ0) is 21.4. The molecule has 0 spiro atoms. The lowest BCUT2D eigenvalue weighted by Gasteiger charge is -2.38. The van der Waals surface area contributed by atoms with Gasteiger partial charge in [0, 0.05) is 37.4 Å². The summed E-state index contributed by atoms with van der Waals surface area (Å²) in [5, 5.41) is 2.99. The highest BCUT2D eigenvalue weighted by Gasteiger charge is 2.28. The first kappa shape index (κ1) is 19.7. The van der Waals surface area contributed by atoms with Crippen molar-refractivity contribution in [3.8, 4) is 5.75 Å². The van der Waals surface area contributed by atoms with Crippen molar-refractivity contribution >= 4 is 16.9 Å². The van der Waals surface area contributed by atoms with E-state index in [1.165, 1.54) is 6.42 Å². The van der Waals surface area contributed by atoms with Gasteiger partial charge in [0.15, 0.2) is 0 Å². The number of aromatic amines is 1. The lowest BCUT2D eigenvalue weighted by molar-refractivity contribution is 0.0143. The lowest BCUT2D eigenvalue weighted by Crippen LogP contribution is -2.53. The van der Waals surface area contributed by atoms with Crippen LogP contribution in [0, 0.1) is 6.92 Å². The van der Waals surface area contributed by atoms with Gasteiger partial charge in [-0.1, -0.05) is 0 Å². The summed E-state index contributed by atoms with van der Waals surface area (Å²) in [6.45, 7) is 4.12. The van der Waals surface area contributed by atoms with Crippen LogP contribution in [0.5, 0.6) is 5.75 Å². The highest BCUT2D eigenvalue weighted by molar-refractivity contribution is 5.92. The highest BCUT2D eigenvalue weighted by Crippen LogP contribution is 2.21. The van der Waals surface area contributed by atoms with Crippen LogP contribution in [0.1, 0.15) is 40.9 Å². The third-order valence-corrected chi connectivity index (χ3v) is 5.98. The molecule has 1 amide bonds. The summed E-state index contributed by atoms with van der Waals surface area (Å²) in [6, 6.07) is 7.60. The van der Waals surface area contributed by atoms with E-state index in [9.17, 15) is 9.59 Å². The zero-order valence-electron chi connectivity index (χ0n) is 17.4. The van der Waals surface area contributed by atoms with Gasteiger partial charge in [-0.3, -0.25) is 19.5 Å². The average molecular weight is 419 g/mol.